The van der Waals surface area contributed by atoms with Gasteiger partial charge in [0.1, 0.15) is 12.4 Å². The number of amides is 1. The summed E-state index contributed by atoms with van der Waals surface area (Å²) in [7, 11) is 0. The van der Waals surface area contributed by atoms with Crippen molar-refractivity contribution >= 4 is 16.9 Å². The molecule has 4 nitrogen and oxygen atoms in total. The summed E-state index contributed by atoms with van der Waals surface area (Å²) in [5, 5.41) is 3.00. The molecule has 2 rings (SSSR count). The van der Waals surface area contributed by atoms with Gasteiger partial charge in [-0.05, 0) is 25.5 Å². The molecule has 19 heavy (non-hydrogen) atoms. The molecule has 0 radical (unpaired) electrons. The second-order valence-electron chi connectivity index (χ2n) is 4.83. The van der Waals surface area contributed by atoms with Gasteiger partial charge in [-0.1, -0.05) is 26.0 Å². The van der Waals surface area contributed by atoms with Crippen molar-refractivity contribution < 1.29 is 4.79 Å². The van der Waals surface area contributed by atoms with E-state index in [1.807, 2.05) is 35.8 Å². The Labute approximate surface area is 113 Å². The van der Waals surface area contributed by atoms with E-state index in [9.17, 15) is 4.79 Å². The monoisotopic (exact) mass is 259 g/mol. The minimum Gasteiger partial charge on any atom is -0.352 e. The molecule has 1 amide bonds. The molecule has 0 bridgehead atoms. The highest BCUT2D eigenvalue weighted by molar-refractivity contribution is 5.81. The van der Waals surface area contributed by atoms with Gasteiger partial charge in [0.15, 0.2) is 0 Å². The van der Waals surface area contributed by atoms with Gasteiger partial charge >= 0.3 is 0 Å². The first-order chi connectivity index (χ1) is 9.15. The van der Waals surface area contributed by atoms with Crippen LogP contribution < -0.4 is 5.32 Å². The Hall–Kier alpha value is -1.84. The van der Waals surface area contributed by atoms with E-state index in [4.69, 9.17) is 0 Å². The van der Waals surface area contributed by atoms with Crippen molar-refractivity contribution in [2.75, 3.05) is 0 Å². The number of nitrogens with zero attached hydrogens (tertiary/aromatic N) is 2. The fourth-order valence-electron chi connectivity index (χ4n) is 2.14. The number of nitrogens with one attached hydrogen (secondary N) is 1. The molecule has 0 aliphatic rings. The van der Waals surface area contributed by atoms with Crippen molar-refractivity contribution in [3.8, 4) is 0 Å². The molecule has 102 valence electrons. The van der Waals surface area contributed by atoms with Gasteiger partial charge in [-0.3, -0.25) is 4.79 Å². The first kappa shape index (κ1) is 13.6. The van der Waals surface area contributed by atoms with Crippen molar-refractivity contribution in [2.24, 2.45) is 0 Å². The lowest BCUT2D eigenvalue weighted by Gasteiger charge is -2.13. The average molecular weight is 259 g/mol. The maximum atomic E-state index is 12.0. The summed E-state index contributed by atoms with van der Waals surface area (Å²) in [6, 6.07) is 8.16. The molecule has 1 aromatic heterocycles. The second-order valence-corrected chi connectivity index (χ2v) is 4.83. The first-order valence-electron chi connectivity index (χ1n) is 6.89. The van der Waals surface area contributed by atoms with Crippen LogP contribution in [0.3, 0.4) is 0 Å². The van der Waals surface area contributed by atoms with Crippen LogP contribution in [-0.2, 0) is 17.8 Å². The molecule has 1 unspecified atom stereocenters. The molecule has 1 heterocycles. The number of carbonyl (C=O) groups excluding carboxylic acids is 1. The van der Waals surface area contributed by atoms with Gasteiger partial charge in [0.2, 0.25) is 5.91 Å². The Balaban J connectivity index is 2.26. The van der Waals surface area contributed by atoms with Crippen LogP contribution in [0.4, 0.5) is 0 Å². The summed E-state index contributed by atoms with van der Waals surface area (Å²) in [6.07, 6.45) is 1.77. The molecular weight excluding hydrogens is 238 g/mol. The predicted octanol–water partition coefficient (Wildman–Crippen LogP) is 2.51. The van der Waals surface area contributed by atoms with Crippen molar-refractivity contribution in [1.29, 1.82) is 0 Å². The molecule has 0 saturated carbocycles. The lowest BCUT2D eigenvalue weighted by atomic mass is 10.2. The topological polar surface area (TPSA) is 46.9 Å². The summed E-state index contributed by atoms with van der Waals surface area (Å²) < 4.78 is 2.01. The van der Waals surface area contributed by atoms with Crippen LogP contribution >= 0.6 is 0 Å². The molecule has 1 aromatic carbocycles. The third-order valence-corrected chi connectivity index (χ3v) is 3.37. The summed E-state index contributed by atoms with van der Waals surface area (Å²) in [6.45, 7) is 6.48. The van der Waals surface area contributed by atoms with Gasteiger partial charge in [-0.25, -0.2) is 4.98 Å². The van der Waals surface area contributed by atoms with E-state index in [0.717, 1.165) is 29.7 Å². The van der Waals surface area contributed by atoms with Crippen molar-refractivity contribution in [2.45, 2.75) is 46.2 Å². The molecule has 4 heteroatoms. The van der Waals surface area contributed by atoms with Gasteiger partial charge in [0.25, 0.3) is 0 Å². The van der Waals surface area contributed by atoms with Crippen molar-refractivity contribution in [3.05, 3.63) is 30.1 Å². The van der Waals surface area contributed by atoms with E-state index in [1.54, 1.807) is 0 Å². The van der Waals surface area contributed by atoms with Crippen LogP contribution in [0, 0.1) is 0 Å². The van der Waals surface area contributed by atoms with E-state index < -0.39 is 0 Å². The maximum absolute atomic E-state index is 12.0. The summed E-state index contributed by atoms with van der Waals surface area (Å²) >= 11 is 0. The number of aromatic nitrogens is 2. The molecule has 0 aliphatic heterocycles. The van der Waals surface area contributed by atoms with E-state index in [-0.39, 0.29) is 11.9 Å². The molecule has 0 saturated heterocycles. The summed E-state index contributed by atoms with van der Waals surface area (Å²) in [5.74, 6) is 1.01. The van der Waals surface area contributed by atoms with Gasteiger partial charge in [0.05, 0.1) is 11.0 Å². The number of hydrogen-bond donors (Lipinski definition) is 1. The first-order valence-corrected chi connectivity index (χ1v) is 6.89. The second kappa shape index (κ2) is 5.87. The average Bonchev–Trinajstić information content (AvgIpc) is 2.76. The zero-order valence-electron chi connectivity index (χ0n) is 11.8. The highest BCUT2D eigenvalue weighted by Crippen LogP contribution is 2.16. The number of aryl methyl sites for hydroxylation is 1. The third-order valence-electron chi connectivity index (χ3n) is 3.37. The Morgan fingerprint density at radius 3 is 2.79 bits per heavy atom. The highest BCUT2D eigenvalue weighted by Gasteiger charge is 2.13. The summed E-state index contributed by atoms with van der Waals surface area (Å²) in [5.41, 5.74) is 1.98. The summed E-state index contributed by atoms with van der Waals surface area (Å²) in [4.78, 5) is 16.6. The largest absolute Gasteiger partial charge is 0.352 e. The standard InChI is InChI=1S/C15H21N3O/c1-4-11(3)16-15(19)10-18-13-9-7-6-8-12(13)17-14(18)5-2/h6-9,11H,4-5,10H2,1-3H3,(H,16,19). The van der Waals surface area contributed by atoms with Crippen LogP contribution in [0.2, 0.25) is 0 Å². The molecule has 0 aliphatic carbocycles. The fraction of sp³-hybridized carbons (Fsp3) is 0.467. The number of imidazole rings is 1. The maximum Gasteiger partial charge on any atom is 0.240 e. The molecule has 1 N–H and O–H groups in total. The molecule has 0 spiro atoms. The third kappa shape index (κ3) is 2.95. The van der Waals surface area contributed by atoms with Gasteiger partial charge < -0.3 is 9.88 Å². The van der Waals surface area contributed by atoms with Gasteiger partial charge in [-0.15, -0.1) is 0 Å². The van der Waals surface area contributed by atoms with E-state index >= 15 is 0 Å². The quantitative estimate of drug-likeness (QED) is 0.897. The zero-order chi connectivity index (χ0) is 13.8. The molecule has 0 fully saturated rings. The SMILES string of the molecule is CCc1nc2ccccc2n1CC(=O)NC(C)CC. The molecule has 2 aromatic rings. The van der Waals surface area contributed by atoms with Crippen LogP contribution in [0.25, 0.3) is 11.0 Å². The lowest BCUT2D eigenvalue weighted by Crippen LogP contribution is -2.34. The molecular formula is C15H21N3O. The van der Waals surface area contributed by atoms with E-state index in [1.165, 1.54) is 0 Å². The number of benzene rings is 1. The Kier molecular flexibility index (Phi) is 4.20. The fourth-order valence-corrected chi connectivity index (χ4v) is 2.14. The van der Waals surface area contributed by atoms with Gasteiger partial charge in [-0.2, -0.15) is 0 Å². The Morgan fingerprint density at radius 1 is 1.37 bits per heavy atom. The van der Waals surface area contributed by atoms with Crippen LogP contribution in [0.5, 0.6) is 0 Å². The lowest BCUT2D eigenvalue weighted by molar-refractivity contribution is -0.122. The Morgan fingerprint density at radius 2 is 2.11 bits per heavy atom. The van der Waals surface area contributed by atoms with Crippen LogP contribution in [0.15, 0.2) is 24.3 Å². The van der Waals surface area contributed by atoms with Crippen LogP contribution in [0.1, 0.15) is 33.0 Å². The minimum absolute atomic E-state index is 0.0483. The minimum atomic E-state index is 0.0483. The normalized spacial score (nSPS) is 12.6. The zero-order valence-corrected chi connectivity index (χ0v) is 11.8. The number of carbonyl (C=O) groups is 1. The number of para-hydroxylation sites is 2. The highest BCUT2D eigenvalue weighted by atomic mass is 16.2. The van der Waals surface area contributed by atoms with Crippen LogP contribution in [-0.4, -0.2) is 21.5 Å². The number of rotatable bonds is 5. The smallest absolute Gasteiger partial charge is 0.240 e. The van der Waals surface area contributed by atoms with Crippen molar-refractivity contribution in [1.82, 2.24) is 14.9 Å². The predicted molar refractivity (Wildman–Crippen MR) is 77.0 cm³/mol. The van der Waals surface area contributed by atoms with Gasteiger partial charge in [0, 0.05) is 12.5 Å². The molecule has 1 atom stereocenters. The van der Waals surface area contributed by atoms with E-state index in [2.05, 4.69) is 24.1 Å². The Bertz CT molecular complexity index is 574. The number of fused-ring (bicyclic) bond motifs is 1. The van der Waals surface area contributed by atoms with Crippen molar-refractivity contribution in [3.63, 3.8) is 0 Å². The number of hydrogen-bond acceptors (Lipinski definition) is 2. The van der Waals surface area contributed by atoms with E-state index in [0.29, 0.717) is 6.54 Å².